The second kappa shape index (κ2) is 5.72. The first-order valence-electron chi connectivity index (χ1n) is 6.19. The number of benzene rings is 1. The van der Waals surface area contributed by atoms with Crippen molar-refractivity contribution in [2.75, 3.05) is 18.5 Å². The summed E-state index contributed by atoms with van der Waals surface area (Å²) in [5, 5.41) is 17.7. The smallest absolute Gasteiger partial charge is 0.332 e. The van der Waals surface area contributed by atoms with Crippen molar-refractivity contribution in [3.8, 4) is 6.07 Å². The molecule has 0 radical (unpaired) electrons. The summed E-state index contributed by atoms with van der Waals surface area (Å²) in [6, 6.07) is 9.42. The number of aliphatic carboxylic acids is 1. The fraction of sp³-hybridized carbons (Fsp3) is 0.429. The van der Waals surface area contributed by atoms with Crippen molar-refractivity contribution in [1.29, 1.82) is 5.26 Å². The summed E-state index contributed by atoms with van der Waals surface area (Å²) in [5.41, 5.74) is 1.54. The van der Waals surface area contributed by atoms with Crippen molar-refractivity contribution in [2.24, 2.45) is 0 Å². The van der Waals surface area contributed by atoms with E-state index in [0.717, 1.165) is 12.1 Å². The van der Waals surface area contributed by atoms with E-state index in [1.54, 1.807) is 6.07 Å². The third-order valence-corrected chi connectivity index (χ3v) is 3.28. The molecule has 1 aliphatic rings. The van der Waals surface area contributed by atoms with E-state index >= 15 is 0 Å². The Labute approximate surface area is 112 Å². The summed E-state index contributed by atoms with van der Waals surface area (Å²) in [5.74, 6) is -0.892. The molecule has 2 rings (SSSR count). The van der Waals surface area contributed by atoms with Gasteiger partial charge in [0.15, 0.2) is 6.10 Å². The molecule has 19 heavy (non-hydrogen) atoms. The Kier molecular flexibility index (Phi) is 4.03. The van der Waals surface area contributed by atoms with Gasteiger partial charge < -0.3 is 14.7 Å². The number of likely N-dealkylation sites (N-methyl/N-ethyl adjacent to an activating group) is 1. The van der Waals surface area contributed by atoms with E-state index in [0.29, 0.717) is 18.5 Å². The molecular weight excluding hydrogens is 244 g/mol. The lowest BCUT2D eigenvalue weighted by Gasteiger charge is -2.23. The van der Waals surface area contributed by atoms with Crippen molar-refractivity contribution >= 4 is 11.7 Å². The molecule has 0 saturated carbocycles. The van der Waals surface area contributed by atoms with Gasteiger partial charge in [-0.2, -0.15) is 5.26 Å². The zero-order valence-electron chi connectivity index (χ0n) is 10.7. The summed E-state index contributed by atoms with van der Waals surface area (Å²) in [7, 11) is 1.91. The van der Waals surface area contributed by atoms with Crippen LogP contribution in [0.1, 0.15) is 18.4 Å². The molecule has 1 aliphatic heterocycles. The average Bonchev–Trinajstić information content (AvgIpc) is 2.87. The first-order valence-corrected chi connectivity index (χ1v) is 6.19. The lowest BCUT2D eigenvalue weighted by molar-refractivity contribution is -0.149. The van der Waals surface area contributed by atoms with Crippen LogP contribution in [0.25, 0.3) is 0 Å². The zero-order chi connectivity index (χ0) is 13.8. The molecule has 5 heteroatoms. The molecule has 2 atom stereocenters. The Balaban J connectivity index is 1.96. The second-order valence-corrected chi connectivity index (χ2v) is 4.70. The average molecular weight is 260 g/mol. The van der Waals surface area contributed by atoms with Crippen LogP contribution in [0.15, 0.2) is 24.3 Å². The highest BCUT2D eigenvalue weighted by molar-refractivity contribution is 5.72. The van der Waals surface area contributed by atoms with Crippen molar-refractivity contribution in [3.05, 3.63) is 29.8 Å². The number of hydrogen-bond donors (Lipinski definition) is 1. The molecule has 1 heterocycles. The van der Waals surface area contributed by atoms with Gasteiger partial charge >= 0.3 is 5.97 Å². The van der Waals surface area contributed by atoms with Crippen molar-refractivity contribution in [2.45, 2.75) is 25.0 Å². The quantitative estimate of drug-likeness (QED) is 0.890. The minimum atomic E-state index is -0.892. The maximum Gasteiger partial charge on any atom is 0.332 e. The number of ether oxygens (including phenoxy) is 1. The Bertz CT molecular complexity index is 510. The molecule has 1 aromatic carbocycles. The van der Waals surface area contributed by atoms with Gasteiger partial charge in [-0.1, -0.05) is 6.07 Å². The van der Waals surface area contributed by atoms with E-state index < -0.39 is 12.1 Å². The van der Waals surface area contributed by atoms with Gasteiger partial charge in [0.25, 0.3) is 0 Å². The van der Waals surface area contributed by atoms with E-state index in [1.165, 1.54) is 0 Å². The van der Waals surface area contributed by atoms with Gasteiger partial charge in [-0.25, -0.2) is 4.79 Å². The molecule has 5 nitrogen and oxygen atoms in total. The maximum absolute atomic E-state index is 10.8. The van der Waals surface area contributed by atoms with Gasteiger partial charge in [-0.05, 0) is 31.0 Å². The Hall–Kier alpha value is -2.06. The van der Waals surface area contributed by atoms with Crippen LogP contribution in [0, 0.1) is 11.3 Å². The van der Waals surface area contributed by atoms with E-state index in [1.807, 2.05) is 30.1 Å². The van der Waals surface area contributed by atoms with Gasteiger partial charge in [0.05, 0.1) is 17.7 Å². The topological polar surface area (TPSA) is 73.6 Å². The van der Waals surface area contributed by atoms with E-state index in [9.17, 15) is 4.79 Å². The number of nitrogens with zero attached hydrogens (tertiary/aromatic N) is 2. The lowest BCUT2D eigenvalue weighted by Crippen LogP contribution is -2.30. The predicted octanol–water partition coefficient (Wildman–Crippen LogP) is 1.63. The fourth-order valence-corrected chi connectivity index (χ4v) is 2.25. The number of carboxylic acids is 1. The van der Waals surface area contributed by atoms with E-state index in [2.05, 4.69) is 6.07 Å². The molecule has 0 amide bonds. The minimum Gasteiger partial charge on any atom is -0.479 e. The highest BCUT2D eigenvalue weighted by atomic mass is 16.5. The van der Waals surface area contributed by atoms with Crippen LogP contribution in [-0.2, 0) is 9.53 Å². The van der Waals surface area contributed by atoms with Crippen LogP contribution in [0.3, 0.4) is 0 Å². The van der Waals surface area contributed by atoms with Crippen LogP contribution in [-0.4, -0.2) is 36.9 Å². The molecule has 1 saturated heterocycles. The third-order valence-electron chi connectivity index (χ3n) is 3.28. The molecule has 100 valence electrons. The molecule has 0 spiro atoms. The molecule has 2 unspecified atom stereocenters. The number of hydrogen-bond acceptors (Lipinski definition) is 4. The molecular formula is C14H16N2O3. The van der Waals surface area contributed by atoms with Crippen molar-refractivity contribution in [3.63, 3.8) is 0 Å². The highest BCUT2D eigenvalue weighted by Gasteiger charge is 2.30. The minimum absolute atomic E-state index is 0.0724. The zero-order valence-corrected chi connectivity index (χ0v) is 10.7. The molecule has 1 aromatic rings. The molecule has 1 fully saturated rings. The standard InChI is InChI=1S/C14H16N2O3/c1-16(11-4-2-3-10(7-11)8-15)9-12-5-6-13(19-12)14(17)18/h2-4,7,12-13H,5-6,9H2,1H3,(H,17,18). The van der Waals surface area contributed by atoms with Crippen LogP contribution in [0.2, 0.25) is 0 Å². The first kappa shape index (κ1) is 13.4. The predicted molar refractivity (Wildman–Crippen MR) is 70.0 cm³/mol. The summed E-state index contributed by atoms with van der Waals surface area (Å²) in [6.07, 6.45) is 0.561. The maximum atomic E-state index is 10.8. The number of nitriles is 1. The summed E-state index contributed by atoms with van der Waals surface area (Å²) in [6.45, 7) is 0.624. The van der Waals surface area contributed by atoms with Gasteiger partial charge in [0.2, 0.25) is 0 Å². The highest BCUT2D eigenvalue weighted by Crippen LogP contribution is 2.22. The van der Waals surface area contributed by atoms with Crippen LogP contribution < -0.4 is 4.90 Å². The molecule has 1 N–H and O–H groups in total. The molecule has 0 aliphatic carbocycles. The summed E-state index contributed by atoms with van der Waals surface area (Å²) in [4.78, 5) is 12.8. The van der Waals surface area contributed by atoms with Crippen molar-refractivity contribution in [1.82, 2.24) is 0 Å². The number of rotatable bonds is 4. The van der Waals surface area contributed by atoms with E-state index in [4.69, 9.17) is 15.1 Å². The SMILES string of the molecule is CN(CC1CCC(C(=O)O)O1)c1cccc(C#N)c1. The van der Waals surface area contributed by atoms with Crippen LogP contribution in [0.4, 0.5) is 5.69 Å². The van der Waals surface area contributed by atoms with Crippen LogP contribution in [0.5, 0.6) is 0 Å². The van der Waals surface area contributed by atoms with Crippen LogP contribution >= 0.6 is 0 Å². The van der Waals surface area contributed by atoms with Gasteiger partial charge in [0.1, 0.15) is 0 Å². The number of carbonyl (C=O) groups is 1. The van der Waals surface area contributed by atoms with Gasteiger partial charge in [-0.15, -0.1) is 0 Å². The number of carboxylic acid groups (broad SMARTS) is 1. The number of anilines is 1. The normalized spacial score (nSPS) is 21.9. The molecule has 0 bridgehead atoms. The van der Waals surface area contributed by atoms with Gasteiger partial charge in [-0.3, -0.25) is 0 Å². The fourth-order valence-electron chi connectivity index (χ4n) is 2.25. The Morgan fingerprint density at radius 1 is 1.58 bits per heavy atom. The lowest BCUT2D eigenvalue weighted by atomic mass is 10.1. The largest absolute Gasteiger partial charge is 0.479 e. The Morgan fingerprint density at radius 3 is 3.00 bits per heavy atom. The summed E-state index contributed by atoms with van der Waals surface area (Å²) < 4.78 is 5.47. The first-order chi connectivity index (χ1) is 9.10. The summed E-state index contributed by atoms with van der Waals surface area (Å²) >= 11 is 0. The van der Waals surface area contributed by atoms with Gasteiger partial charge in [0, 0.05) is 19.3 Å². The Morgan fingerprint density at radius 2 is 2.37 bits per heavy atom. The third kappa shape index (κ3) is 3.24. The van der Waals surface area contributed by atoms with E-state index in [-0.39, 0.29) is 6.10 Å². The van der Waals surface area contributed by atoms with Crippen molar-refractivity contribution < 1.29 is 14.6 Å². The monoisotopic (exact) mass is 260 g/mol. The second-order valence-electron chi connectivity index (χ2n) is 4.70. The molecule has 0 aromatic heterocycles.